The number of aromatic nitrogens is 2. The molecule has 0 radical (unpaired) electrons. The van der Waals surface area contributed by atoms with Crippen LogP contribution in [0.4, 0.5) is 0 Å². The highest BCUT2D eigenvalue weighted by Gasteiger charge is 2.12. The van der Waals surface area contributed by atoms with Crippen LogP contribution in [-0.4, -0.2) is 9.97 Å². The monoisotopic (exact) mass is 302 g/mol. The topological polar surface area (TPSA) is 25.8 Å². The van der Waals surface area contributed by atoms with Gasteiger partial charge in [0.2, 0.25) is 0 Å². The van der Waals surface area contributed by atoms with Crippen LogP contribution in [0.2, 0.25) is 0 Å². The van der Waals surface area contributed by atoms with E-state index in [9.17, 15) is 0 Å². The minimum Gasteiger partial charge on any atom is -0.249 e. The molecule has 0 aliphatic rings. The van der Waals surface area contributed by atoms with E-state index in [-0.39, 0.29) is 0 Å². The van der Waals surface area contributed by atoms with E-state index in [0.29, 0.717) is 0 Å². The number of benzene rings is 2. The smallest absolute Gasteiger partial charge is 0.103 e. The van der Waals surface area contributed by atoms with Gasteiger partial charge in [-0.2, -0.15) is 0 Å². The Labute approximate surface area is 133 Å². The lowest BCUT2D eigenvalue weighted by atomic mass is 10.1. The molecule has 0 N–H and O–H groups in total. The highest BCUT2D eigenvalue weighted by atomic mass is 32.1. The van der Waals surface area contributed by atoms with Gasteiger partial charge in [-0.15, -0.1) is 11.3 Å². The average molecular weight is 302 g/mol. The van der Waals surface area contributed by atoms with E-state index in [0.717, 1.165) is 28.8 Å². The van der Waals surface area contributed by atoms with E-state index in [2.05, 4.69) is 41.8 Å². The van der Waals surface area contributed by atoms with Crippen LogP contribution in [0.15, 0.2) is 72.1 Å². The third-order valence-electron chi connectivity index (χ3n) is 3.61. The first-order valence-electron chi connectivity index (χ1n) is 7.23. The lowest BCUT2D eigenvalue weighted by molar-refractivity contribution is 1.08. The van der Waals surface area contributed by atoms with Crippen LogP contribution < -0.4 is 0 Å². The Morgan fingerprint density at radius 2 is 1.45 bits per heavy atom. The number of hydrogen-bond acceptors (Lipinski definition) is 3. The minimum absolute atomic E-state index is 0.798. The molecule has 2 aromatic carbocycles. The van der Waals surface area contributed by atoms with Gasteiger partial charge in [0, 0.05) is 6.42 Å². The van der Waals surface area contributed by atoms with Crippen molar-refractivity contribution in [1.82, 2.24) is 9.97 Å². The maximum atomic E-state index is 4.87. The molecule has 2 heterocycles. The van der Waals surface area contributed by atoms with Gasteiger partial charge < -0.3 is 0 Å². The van der Waals surface area contributed by atoms with Crippen molar-refractivity contribution in [3.8, 4) is 10.6 Å². The van der Waals surface area contributed by atoms with Crippen molar-refractivity contribution in [3.05, 3.63) is 83.4 Å². The lowest BCUT2D eigenvalue weighted by Gasteiger charge is -2.09. The lowest BCUT2D eigenvalue weighted by Crippen LogP contribution is -1.99. The second-order valence-electron chi connectivity index (χ2n) is 5.15. The zero-order valence-corrected chi connectivity index (χ0v) is 12.8. The first-order valence-corrected chi connectivity index (χ1v) is 8.11. The van der Waals surface area contributed by atoms with Gasteiger partial charge in [-0.25, -0.2) is 9.97 Å². The Bertz CT molecular complexity index is 899. The standard InChI is InChI=1S/C19H14N2S/c1-2-7-14(8-3-1)13-17-19(18-11-6-12-22-18)21-16-10-5-4-9-15(16)20-17/h1-12H,13H2. The van der Waals surface area contributed by atoms with Crippen molar-refractivity contribution < 1.29 is 0 Å². The van der Waals surface area contributed by atoms with E-state index in [4.69, 9.17) is 9.97 Å². The van der Waals surface area contributed by atoms with Crippen molar-refractivity contribution in [1.29, 1.82) is 0 Å². The van der Waals surface area contributed by atoms with Crippen LogP contribution in [0, 0.1) is 0 Å². The second-order valence-corrected chi connectivity index (χ2v) is 6.09. The molecule has 0 aliphatic heterocycles. The SMILES string of the molecule is c1ccc(Cc2nc3ccccc3nc2-c2cccs2)cc1. The minimum atomic E-state index is 0.798. The summed E-state index contributed by atoms with van der Waals surface area (Å²) < 4.78 is 0. The van der Waals surface area contributed by atoms with Crippen LogP contribution in [0.1, 0.15) is 11.3 Å². The van der Waals surface area contributed by atoms with Gasteiger partial charge in [0.05, 0.1) is 21.6 Å². The molecule has 2 aromatic heterocycles. The van der Waals surface area contributed by atoms with Gasteiger partial charge in [-0.1, -0.05) is 48.5 Å². The number of para-hydroxylation sites is 2. The maximum absolute atomic E-state index is 4.87. The fourth-order valence-electron chi connectivity index (χ4n) is 2.56. The normalized spacial score (nSPS) is 10.9. The third kappa shape index (κ3) is 2.51. The van der Waals surface area contributed by atoms with Crippen molar-refractivity contribution in [3.63, 3.8) is 0 Å². The first-order chi connectivity index (χ1) is 10.9. The fourth-order valence-corrected chi connectivity index (χ4v) is 3.30. The average Bonchev–Trinajstić information content (AvgIpc) is 3.09. The number of thiophene rings is 1. The molecule has 0 bridgehead atoms. The Kier molecular flexibility index (Phi) is 3.41. The van der Waals surface area contributed by atoms with Crippen LogP contribution >= 0.6 is 11.3 Å². The summed E-state index contributed by atoms with van der Waals surface area (Å²) in [7, 11) is 0. The van der Waals surface area contributed by atoms with Gasteiger partial charge >= 0.3 is 0 Å². The summed E-state index contributed by atoms with van der Waals surface area (Å²) in [6, 6.07) is 22.7. The second kappa shape index (κ2) is 5.70. The highest BCUT2D eigenvalue weighted by molar-refractivity contribution is 7.13. The predicted octanol–water partition coefficient (Wildman–Crippen LogP) is 4.95. The van der Waals surface area contributed by atoms with Gasteiger partial charge in [0.15, 0.2) is 0 Å². The molecule has 4 rings (SSSR count). The summed E-state index contributed by atoms with van der Waals surface area (Å²) in [5, 5.41) is 2.08. The summed E-state index contributed by atoms with van der Waals surface area (Å²) in [5.41, 5.74) is 5.19. The van der Waals surface area contributed by atoms with Gasteiger partial charge in [-0.05, 0) is 29.1 Å². The van der Waals surface area contributed by atoms with Crippen molar-refractivity contribution in [2.45, 2.75) is 6.42 Å². The van der Waals surface area contributed by atoms with E-state index in [1.54, 1.807) is 11.3 Å². The van der Waals surface area contributed by atoms with E-state index in [1.807, 2.05) is 30.3 Å². The Balaban J connectivity index is 1.89. The molecule has 0 amide bonds. The molecule has 0 atom stereocenters. The molecule has 0 unspecified atom stereocenters. The van der Waals surface area contributed by atoms with Crippen LogP contribution in [0.25, 0.3) is 21.6 Å². The van der Waals surface area contributed by atoms with Gasteiger partial charge in [0.1, 0.15) is 5.69 Å². The Morgan fingerprint density at radius 3 is 2.18 bits per heavy atom. The molecular formula is C19H14N2S. The molecule has 0 saturated heterocycles. The van der Waals surface area contributed by atoms with Gasteiger partial charge in [-0.3, -0.25) is 0 Å². The van der Waals surface area contributed by atoms with E-state index in [1.165, 1.54) is 10.4 Å². The fraction of sp³-hybridized carbons (Fsp3) is 0.0526. The van der Waals surface area contributed by atoms with Crippen LogP contribution in [0.5, 0.6) is 0 Å². The molecule has 0 fully saturated rings. The van der Waals surface area contributed by atoms with Crippen LogP contribution in [0.3, 0.4) is 0 Å². The molecule has 106 valence electrons. The molecular weight excluding hydrogens is 288 g/mol. The molecule has 0 spiro atoms. The molecule has 2 nitrogen and oxygen atoms in total. The summed E-state index contributed by atoms with van der Waals surface area (Å²) >= 11 is 1.71. The summed E-state index contributed by atoms with van der Waals surface area (Å²) in [4.78, 5) is 10.9. The van der Waals surface area contributed by atoms with Gasteiger partial charge in [0.25, 0.3) is 0 Å². The van der Waals surface area contributed by atoms with E-state index >= 15 is 0 Å². The first kappa shape index (κ1) is 13.2. The zero-order chi connectivity index (χ0) is 14.8. The zero-order valence-electron chi connectivity index (χ0n) is 11.9. The number of nitrogens with zero attached hydrogens (tertiary/aromatic N) is 2. The Morgan fingerprint density at radius 1 is 0.727 bits per heavy atom. The summed E-state index contributed by atoms with van der Waals surface area (Å²) in [5.74, 6) is 0. The van der Waals surface area contributed by atoms with Crippen molar-refractivity contribution >= 4 is 22.4 Å². The number of hydrogen-bond donors (Lipinski definition) is 0. The number of fused-ring (bicyclic) bond motifs is 1. The molecule has 0 aliphatic carbocycles. The molecule has 4 aromatic rings. The molecule has 0 saturated carbocycles. The van der Waals surface area contributed by atoms with Crippen molar-refractivity contribution in [2.75, 3.05) is 0 Å². The van der Waals surface area contributed by atoms with E-state index < -0.39 is 0 Å². The molecule has 3 heteroatoms. The van der Waals surface area contributed by atoms with Crippen molar-refractivity contribution in [2.24, 2.45) is 0 Å². The quantitative estimate of drug-likeness (QED) is 0.535. The summed E-state index contributed by atoms with van der Waals surface area (Å²) in [6.07, 6.45) is 0.798. The predicted molar refractivity (Wildman–Crippen MR) is 92.1 cm³/mol. The molecule has 22 heavy (non-hydrogen) atoms. The van der Waals surface area contributed by atoms with Crippen LogP contribution in [-0.2, 0) is 6.42 Å². The largest absolute Gasteiger partial charge is 0.249 e. The number of rotatable bonds is 3. The summed E-state index contributed by atoms with van der Waals surface area (Å²) in [6.45, 7) is 0. The third-order valence-corrected chi connectivity index (χ3v) is 4.49. The highest BCUT2D eigenvalue weighted by Crippen LogP contribution is 2.28. The maximum Gasteiger partial charge on any atom is 0.103 e. The Hall–Kier alpha value is -2.52.